The van der Waals surface area contributed by atoms with Crippen molar-refractivity contribution in [2.24, 2.45) is 0 Å². The molecule has 5 nitrogen and oxygen atoms in total. The lowest BCUT2D eigenvalue weighted by atomic mass is 10.1. The lowest BCUT2D eigenvalue weighted by Crippen LogP contribution is -1.96. The molecule has 0 atom stereocenters. The first kappa shape index (κ1) is 13.0. The summed E-state index contributed by atoms with van der Waals surface area (Å²) in [5.41, 5.74) is 2.12. The van der Waals surface area contributed by atoms with Crippen molar-refractivity contribution in [3.05, 3.63) is 77.0 Å². The van der Waals surface area contributed by atoms with Crippen molar-refractivity contribution in [2.45, 2.75) is 0 Å². The van der Waals surface area contributed by atoms with Gasteiger partial charge in [-0.1, -0.05) is 12.1 Å². The number of non-ortho nitro benzene ring substituents is 1. The van der Waals surface area contributed by atoms with E-state index in [0.717, 1.165) is 5.69 Å². The lowest BCUT2D eigenvalue weighted by Gasteiger charge is -2.08. The number of nitro groups is 1. The van der Waals surface area contributed by atoms with Crippen LogP contribution < -0.4 is 0 Å². The molecule has 104 valence electrons. The van der Waals surface area contributed by atoms with Crippen LogP contribution in [-0.2, 0) is 0 Å². The van der Waals surface area contributed by atoms with Crippen LogP contribution in [0.3, 0.4) is 0 Å². The average molecular weight is 283 g/mol. The predicted octanol–water partition coefficient (Wildman–Crippen LogP) is 3.59. The summed E-state index contributed by atoms with van der Waals surface area (Å²) in [7, 11) is 0. The molecule has 1 heterocycles. The highest BCUT2D eigenvalue weighted by Crippen LogP contribution is 2.26. The number of halogens is 1. The van der Waals surface area contributed by atoms with Crippen LogP contribution >= 0.6 is 0 Å². The van der Waals surface area contributed by atoms with Gasteiger partial charge in [-0.15, -0.1) is 0 Å². The Labute approximate surface area is 119 Å². The maximum Gasteiger partial charge on any atom is 0.270 e. The fourth-order valence-corrected chi connectivity index (χ4v) is 2.09. The van der Waals surface area contributed by atoms with Crippen LogP contribution in [0.15, 0.2) is 61.1 Å². The minimum atomic E-state index is -0.442. The van der Waals surface area contributed by atoms with Gasteiger partial charge in [0.05, 0.1) is 23.1 Å². The van der Waals surface area contributed by atoms with Crippen molar-refractivity contribution in [1.29, 1.82) is 0 Å². The zero-order chi connectivity index (χ0) is 14.8. The number of rotatable bonds is 3. The molecule has 0 saturated heterocycles. The van der Waals surface area contributed by atoms with Crippen molar-refractivity contribution < 1.29 is 9.31 Å². The van der Waals surface area contributed by atoms with E-state index in [1.165, 1.54) is 24.3 Å². The number of aromatic nitrogens is 2. The molecule has 0 radical (unpaired) electrons. The van der Waals surface area contributed by atoms with Crippen molar-refractivity contribution >= 4 is 5.69 Å². The van der Waals surface area contributed by atoms with Crippen LogP contribution in [0.5, 0.6) is 0 Å². The Bertz CT molecular complexity index is 797. The molecule has 0 unspecified atom stereocenters. The molecule has 0 fully saturated rings. The van der Waals surface area contributed by atoms with Crippen molar-refractivity contribution in [2.75, 3.05) is 0 Å². The van der Waals surface area contributed by atoms with Gasteiger partial charge in [0.1, 0.15) is 5.82 Å². The van der Waals surface area contributed by atoms with E-state index < -0.39 is 4.92 Å². The van der Waals surface area contributed by atoms with Crippen LogP contribution in [0.4, 0.5) is 10.1 Å². The van der Waals surface area contributed by atoms with E-state index in [9.17, 15) is 14.5 Å². The van der Waals surface area contributed by atoms with Crippen LogP contribution in [0.1, 0.15) is 0 Å². The molecule has 0 amide bonds. The van der Waals surface area contributed by atoms with Crippen molar-refractivity contribution in [3.63, 3.8) is 0 Å². The van der Waals surface area contributed by atoms with E-state index in [0.29, 0.717) is 11.3 Å². The molecular weight excluding hydrogens is 273 g/mol. The third kappa shape index (κ3) is 2.51. The Morgan fingerprint density at radius 3 is 2.62 bits per heavy atom. The molecular formula is C15H10FN3O2. The molecule has 21 heavy (non-hydrogen) atoms. The fraction of sp³-hybridized carbons (Fsp3) is 0. The highest BCUT2D eigenvalue weighted by molar-refractivity contribution is 5.64. The van der Waals surface area contributed by atoms with Gasteiger partial charge in [0.25, 0.3) is 5.69 Å². The summed E-state index contributed by atoms with van der Waals surface area (Å²) in [4.78, 5) is 14.5. The van der Waals surface area contributed by atoms with Gasteiger partial charge in [-0.3, -0.25) is 14.7 Å². The molecule has 2 aromatic carbocycles. The highest BCUT2D eigenvalue weighted by Gasteiger charge is 2.11. The van der Waals surface area contributed by atoms with Gasteiger partial charge in [-0.2, -0.15) is 0 Å². The molecule has 6 heteroatoms. The summed E-state index contributed by atoms with van der Waals surface area (Å²) in [5, 5.41) is 10.9. The van der Waals surface area contributed by atoms with Crippen molar-refractivity contribution in [1.82, 2.24) is 9.55 Å². The normalized spacial score (nSPS) is 10.5. The standard InChI is InChI=1S/C15H10FN3O2/c16-12-4-6-13(7-5-12)18-10-17-9-15(18)11-2-1-3-14(8-11)19(20)21/h1-10H. The SMILES string of the molecule is O=[N+]([O-])c1cccc(-c2cncn2-c2ccc(F)cc2)c1. The molecule has 0 bridgehead atoms. The van der Waals surface area contributed by atoms with E-state index in [4.69, 9.17) is 0 Å². The summed E-state index contributed by atoms with van der Waals surface area (Å²) in [6.07, 6.45) is 3.20. The second kappa shape index (κ2) is 5.16. The van der Waals surface area contributed by atoms with Gasteiger partial charge < -0.3 is 0 Å². The molecule has 3 aromatic rings. The molecule has 0 spiro atoms. The number of nitrogens with zero attached hydrogens (tertiary/aromatic N) is 3. The predicted molar refractivity (Wildman–Crippen MR) is 75.6 cm³/mol. The summed E-state index contributed by atoms with van der Waals surface area (Å²) in [6.45, 7) is 0. The van der Waals surface area contributed by atoms with Gasteiger partial charge >= 0.3 is 0 Å². The second-order valence-corrected chi connectivity index (χ2v) is 4.43. The summed E-state index contributed by atoms with van der Waals surface area (Å²) < 4.78 is 14.7. The summed E-state index contributed by atoms with van der Waals surface area (Å²) in [6, 6.07) is 12.3. The van der Waals surface area contributed by atoms with E-state index in [-0.39, 0.29) is 11.5 Å². The largest absolute Gasteiger partial charge is 0.299 e. The zero-order valence-corrected chi connectivity index (χ0v) is 10.8. The minimum Gasteiger partial charge on any atom is -0.299 e. The maximum absolute atomic E-state index is 13.0. The molecule has 0 aliphatic heterocycles. The van der Waals surface area contributed by atoms with Crippen LogP contribution in [0, 0.1) is 15.9 Å². The van der Waals surface area contributed by atoms with E-state index in [1.54, 1.807) is 41.4 Å². The number of imidazole rings is 1. The molecule has 3 rings (SSSR count). The molecule has 0 aliphatic carbocycles. The van der Waals surface area contributed by atoms with Crippen LogP contribution in [0.25, 0.3) is 16.9 Å². The smallest absolute Gasteiger partial charge is 0.270 e. The molecule has 0 saturated carbocycles. The van der Waals surface area contributed by atoms with Crippen LogP contribution in [-0.4, -0.2) is 14.5 Å². The first-order valence-corrected chi connectivity index (χ1v) is 6.18. The topological polar surface area (TPSA) is 61.0 Å². The minimum absolute atomic E-state index is 0.0133. The van der Waals surface area contributed by atoms with Gasteiger partial charge in [-0.25, -0.2) is 9.37 Å². The quantitative estimate of drug-likeness (QED) is 0.545. The zero-order valence-electron chi connectivity index (χ0n) is 10.8. The number of hydrogen-bond acceptors (Lipinski definition) is 3. The Kier molecular flexibility index (Phi) is 3.19. The monoisotopic (exact) mass is 283 g/mol. The lowest BCUT2D eigenvalue weighted by molar-refractivity contribution is -0.384. The number of nitro benzene ring substituents is 1. The molecule has 0 aliphatic rings. The molecule has 1 aromatic heterocycles. The highest BCUT2D eigenvalue weighted by atomic mass is 19.1. The third-order valence-electron chi connectivity index (χ3n) is 3.10. The Morgan fingerprint density at radius 2 is 1.90 bits per heavy atom. The Hall–Kier alpha value is -3.02. The van der Waals surface area contributed by atoms with Crippen molar-refractivity contribution in [3.8, 4) is 16.9 Å². The average Bonchev–Trinajstić information content (AvgIpc) is 2.97. The Balaban J connectivity index is 2.08. The number of benzene rings is 2. The first-order valence-electron chi connectivity index (χ1n) is 6.18. The van der Waals surface area contributed by atoms with Crippen LogP contribution in [0.2, 0.25) is 0 Å². The van der Waals surface area contributed by atoms with E-state index in [1.807, 2.05) is 0 Å². The molecule has 0 N–H and O–H groups in total. The summed E-state index contributed by atoms with van der Waals surface area (Å²) in [5.74, 6) is -0.323. The maximum atomic E-state index is 13.0. The second-order valence-electron chi connectivity index (χ2n) is 4.43. The van der Waals surface area contributed by atoms with Gasteiger partial charge in [0.15, 0.2) is 0 Å². The van der Waals surface area contributed by atoms with Gasteiger partial charge in [-0.05, 0) is 24.3 Å². The first-order chi connectivity index (χ1) is 10.1. The Morgan fingerprint density at radius 1 is 1.14 bits per heavy atom. The fourth-order valence-electron chi connectivity index (χ4n) is 2.09. The third-order valence-corrected chi connectivity index (χ3v) is 3.10. The number of hydrogen-bond donors (Lipinski definition) is 0. The van der Waals surface area contributed by atoms with Gasteiger partial charge in [0.2, 0.25) is 0 Å². The van der Waals surface area contributed by atoms with Gasteiger partial charge in [0, 0.05) is 23.4 Å². The van der Waals surface area contributed by atoms with E-state index in [2.05, 4.69) is 4.98 Å². The van der Waals surface area contributed by atoms with E-state index >= 15 is 0 Å². The summed E-state index contributed by atoms with van der Waals surface area (Å²) >= 11 is 0.